The number of ether oxygens (including phenoxy) is 1. The zero-order valence-corrected chi connectivity index (χ0v) is 15.7. The number of sulfonamides is 1. The van der Waals surface area contributed by atoms with Crippen LogP contribution in [0.15, 0.2) is 47.4 Å². The second-order valence-electron chi connectivity index (χ2n) is 6.36. The van der Waals surface area contributed by atoms with Crippen molar-refractivity contribution in [2.45, 2.75) is 24.8 Å². The van der Waals surface area contributed by atoms with Gasteiger partial charge in [0.25, 0.3) is 0 Å². The monoisotopic (exact) mass is 360 g/mol. The van der Waals surface area contributed by atoms with Crippen molar-refractivity contribution < 1.29 is 13.2 Å². The maximum Gasteiger partial charge on any atom is 0.243 e. The van der Waals surface area contributed by atoms with Gasteiger partial charge in [0.05, 0.1) is 11.5 Å². The van der Waals surface area contributed by atoms with Crippen molar-refractivity contribution in [1.82, 2.24) is 4.31 Å². The molecule has 1 aliphatic rings. The molecule has 0 fully saturated rings. The molecule has 0 saturated carbocycles. The van der Waals surface area contributed by atoms with Gasteiger partial charge in [-0.1, -0.05) is 19.1 Å². The molecular formula is C19H24N2O3S. The van der Waals surface area contributed by atoms with E-state index in [9.17, 15) is 8.42 Å². The molecule has 0 saturated heterocycles. The number of fused-ring (bicyclic) bond motifs is 1. The molecule has 0 amide bonds. The van der Waals surface area contributed by atoms with E-state index in [1.165, 1.54) is 4.31 Å². The van der Waals surface area contributed by atoms with Gasteiger partial charge in [0.15, 0.2) is 0 Å². The van der Waals surface area contributed by atoms with Crippen LogP contribution in [0.1, 0.15) is 18.1 Å². The number of nitrogens with zero attached hydrogens (tertiary/aromatic N) is 2. The van der Waals surface area contributed by atoms with E-state index in [1.807, 2.05) is 50.2 Å². The second kappa shape index (κ2) is 7.06. The van der Waals surface area contributed by atoms with E-state index in [2.05, 4.69) is 0 Å². The van der Waals surface area contributed by atoms with Crippen LogP contribution in [-0.4, -0.2) is 40.0 Å². The summed E-state index contributed by atoms with van der Waals surface area (Å²) in [4.78, 5) is 2.36. The fourth-order valence-corrected chi connectivity index (χ4v) is 4.43. The predicted octanol–water partition coefficient (Wildman–Crippen LogP) is 2.90. The normalized spacial score (nSPS) is 13.6. The average Bonchev–Trinajstić information content (AvgIpc) is 3.07. The lowest BCUT2D eigenvalue weighted by Crippen LogP contribution is -2.30. The van der Waals surface area contributed by atoms with Crippen molar-refractivity contribution in [3.63, 3.8) is 0 Å². The number of rotatable bonds is 6. The standard InChI is InChI=1S/C19H24N2O3S/c1-4-21(14-15-5-7-17(8-6-15)20(2)3)25(22,23)18-9-10-19-16(13-18)11-12-24-19/h5-10,13H,4,11-12,14H2,1-3H3. The first kappa shape index (κ1) is 17.8. The summed E-state index contributed by atoms with van der Waals surface area (Å²) in [6.07, 6.45) is 0.761. The fraction of sp³-hybridized carbons (Fsp3) is 0.368. The summed E-state index contributed by atoms with van der Waals surface area (Å²) >= 11 is 0. The molecule has 3 rings (SSSR count). The third-order valence-electron chi connectivity index (χ3n) is 4.46. The van der Waals surface area contributed by atoms with Crippen LogP contribution in [0.3, 0.4) is 0 Å². The Morgan fingerprint density at radius 3 is 2.44 bits per heavy atom. The molecular weight excluding hydrogens is 336 g/mol. The molecule has 0 aromatic heterocycles. The van der Waals surface area contributed by atoms with E-state index in [0.717, 1.165) is 29.0 Å². The first-order valence-corrected chi connectivity index (χ1v) is 9.88. The maximum absolute atomic E-state index is 13.0. The summed E-state index contributed by atoms with van der Waals surface area (Å²) in [7, 11) is 0.433. The van der Waals surface area contributed by atoms with Crippen LogP contribution in [0.25, 0.3) is 0 Å². The van der Waals surface area contributed by atoms with Crippen molar-refractivity contribution in [2.75, 3.05) is 32.1 Å². The van der Waals surface area contributed by atoms with Gasteiger partial charge in [-0.05, 0) is 41.5 Å². The van der Waals surface area contributed by atoms with Crippen molar-refractivity contribution in [3.8, 4) is 5.75 Å². The Balaban J connectivity index is 1.83. The van der Waals surface area contributed by atoms with E-state index >= 15 is 0 Å². The van der Waals surface area contributed by atoms with Crippen LogP contribution in [-0.2, 0) is 23.0 Å². The highest BCUT2D eigenvalue weighted by Crippen LogP contribution is 2.29. The third-order valence-corrected chi connectivity index (χ3v) is 6.38. The molecule has 0 atom stereocenters. The zero-order chi connectivity index (χ0) is 18.0. The molecule has 134 valence electrons. The molecule has 25 heavy (non-hydrogen) atoms. The molecule has 0 unspecified atom stereocenters. The number of benzene rings is 2. The van der Waals surface area contributed by atoms with Crippen LogP contribution in [0, 0.1) is 0 Å². The first-order valence-electron chi connectivity index (χ1n) is 8.44. The van der Waals surface area contributed by atoms with Crippen LogP contribution in [0.2, 0.25) is 0 Å². The molecule has 2 aromatic rings. The number of anilines is 1. The summed E-state index contributed by atoms with van der Waals surface area (Å²) in [6, 6.07) is 13.1. The highest BCUT2D eigenvalue weighted by molar-refractivity contribution is 7.89. The van der Waals surface area contributed by atoms with Gasteiger partial charge in [0, 0.05) is 39.3 Å². The third kappa shape index (κ3) is 3.65. The summed E-state index contributed by atoms with van der Waals surface area (Å²) in [5, 5.41) is 0. The van der Waals surface area contributed by atoms with Gasteiger partial charge in [-0.25, -0.2) is 8.42 Å². The molecule has 5 nitrogen and oxygen atoms in total. The van der Waals surface area contributed by atoms with Gasteiger partial charge in [0.1, 0.15) is 5.75 Å². The molecule has 1 aliphatic heterocycles. The lowest BCUT2D eigenvalue weighted by Gasteiger charge is -2.21. The van der Waals surface area contributed by atoms with Crippen LogP contribution >= 0.6 is 0 Å². The minimum absolute atomic E-state index is 0.337. The van der Waals surface area contributed by atoms with Gasteiger partial charge < -0.3 is 9.64 Å². The molecule has 6 heteroatoms. The van der Waals surface area contributed by atoms with Gasteiger partial charge in [-0.2, -0.15) is 4.31 Å². The highest BCUT2D eigenvalue weighted by atomic mass is 32.2. The van der Waals surface area contributed by atoms with Crippen molar-refractivity contribution in [2.24, 2.45) is 0 Å². The average molecular weight is 360 g/mol. The Morgan fingerprint density at radius 2 is 1.80 bits per heavy atom. The van der Waals surface area contributed by atoms with E-state index < -0.39 is 10.0 Å². The Hall–Kier alpha value is -2.05. The maximum atomic E-state index is 13.0. The van der Waals surface area contributed by atoms with E-state index in [1.54, 1.807) is 18.2 Å². The second-order valence-corrected chi connectivity index (χ2v) is 8.30. The minimum Gasteiger partial charge on any atom is -0.493 e. The van der Waals surface area contributed by atoms with Gasteiger partial charge >= 0.3 is 0 Å². The summed E-state index contributed by atoms with van der Waals surface area (Å²) in [6.45, 7) is 3.27. The van der Waals surface area contributed by atoms with Crippen molar-refractivity contribution in [3.05, 3.63) is 53.6 Å². The van der Waals surface area contributed by atoms with Gasteiger partial charge in [-0.3, -0.25) is 0 Å². The molecule has 0 bridgehead atoms. The molecule has 0 radical (unpaired) electrons. The summed E-state index contributed by atoms with van der Waals surface area (Å²) in [5.41, 5.74) is 3.03. The molecule has 2 aromatic carbocycles. The SMILES string of the molecule is CCN(Cc1ccc(N(C)C)cc1)S(=O)(=O)c1ccc2c(c1)CCO2. The van der Waals surface area contributed by atoms with Crippen molar-refractivity contribution >= 4 is 15.7 Å². The Kier molecular flexibility index (Phi) is 5.01. The van der Waals surface area contributed by atoms with Gasteiger partial charge in [0.2, 0.25) is 10.0 Å². The van der Waals surface area contributed by atoms with Gasteiger partial charge in [-0.15, -0.1) is 0 Å². The molecule has 0 N–H and O–H groups in total. The van der Waals surface area contributed by atoms with Crippen LogP contribution in [0.4, 0.5) is 5.69 Å². The largest absolute Gasteiger partial charge is 0.493 e. The summed E-state index contributed by atoms with van der Waals surface area (Å²) in [5.74, 6) is 0.793. The molecule has 1 heterocycles. The summed E-state index contributed by atoms with van der Waals surface area (Å²) < 4.78 is 33.0. The molecule has 0 aliphatic carbocycles. The predicted molar refractivity (Wildman–Crippen MR) is 99.7 cm³/mol. The number of hydrogen-bond donors (Lipinski definition) is 0. The lowest BCUT2D eigenvalue weighted by atomic mass is 10.2. The quantitative estimate of drug-likeness (QED) is 0.795. The Bertz CT molecular complexity index is 845. The highest BCUT2D eigenvalue weighted by Gasteiger charge is 2.25. The first-order chi connectivity index (χ1) is 11.9. The van der Waals surface area contributed by atoms with E-state index in [0.29, 0.717) is 24.6 Å². The fourth-order valence-electron chi connectivity index (χ4n) is 2.94. The van der Waals surface area contributed by atoms with E-state index in [4.69, 9.17) is 4.74 Å². The topological polar surface area (TPSA) is 49.9 Å². The smallest absolute Gasteiger partial charge is 0.243 e. The Labute approximate surface area is 149 Å². The lowest BCUT2D eigenvalue weighted by molar-refractivity contribution is 0.356. The molecule has 0 spiro atoms. The van der Waals surface area contributed by atoms with Crippen LogP contribution in [0.5, 0.6) is 5.75 Å². The van der Waals surface area contributed by atoms with Crippen molar-refractivity contribution in [1.29, 1.82) is 0 Å². The Morgan fingerprint density at radius 1 is 1.08 bits per heavy atom. The van der Waals surface area contributed by atoms with Crippen LogP contribution < -0.4 is 9.64 Å². The number of hydrogen-bond acceptors (Lipinski definition) is 4. The minimum atomic E-state index is -3.53. The van der Waals surface area contributed by atoms with E-state index in [-0.39, 0.29) is 0 Å². The zero-order valence-electron chi connectivity index (χ0n) is 14.9.